The van der Waals surface area contributed by atoms with E-state index in [1.807, 2.05) is 56.3 Å². The molecular formula is C30H38ClF3N6O2S2. The van der Waals surface area contributed by atoms with Gasteiger partial charge in [0, 0.05) is 22.4 Å². The van der Waals surface area contributed by atoms with Crippen LogP contribution < -0.4 is 14.6 Å². The number of benzene rings is 3. The highest BCUT2D eigenvalue weighted by atomic mass is 35.5. The van der Waals surface area contributed by atoms with Crippen LogP contribution in [0, 0.1) is 0 Å². The fourth-order valence-corrected chi connectivity index (χ4v) is 4.95. The summed E-state index contributed by atoms with van der Waals surface area (Å²) in [7, 11) is -3.89. The quantitative estimate of drug-likeness (QED) is 0.103. The van der Waals surface area contributed by atoms with E-state index in [9.17, 15) is 21.6 Å². The fraction of sp³-hybridized carbons (Fsp3) is 0.333. The lowest BCUT2D eigenvalue weighted by Gasteiger charge is -2.19. The first-order chi connectivity index (χ1) is 20.9. The first-order valence-corrected chi connectivity index (χ1v) is 16.7. The number of nitrogens with two attached hydrogens (primary N) is 1. The molecule has 1 atom stereocenters. The molecule has 0 aromatic heterocycles. The van der Waals surface area contributed by atoms with Gasteiger partial charge >= 0.3 is 6.18 Å². The van der Waals surface area contributed by atoms with E-state index in [4.69, 9.17) is 21.8 Å². The summed E-state index contributed by atoms with van der Waals surface area (Å²) in [4.78, 5) is 4.98. The Balaban J connectivity index is 0.00000127. The maximum Gasteiger partial charge on any atom is 0.416 e. The third-order valence-corrected chi connectivity index (χ3v) is 7.27. The van der Waals surface area contributed by atoms with Crippen LogP contribution in [0.2, 0.25) is 5.02 Å². The van der Waals surface area contributed by atoms with Crippen LogP contribution in [0.3, 0.4) is 0 Å². The van der Waals surface area contributed by atoms with Crippen molar-refractivity contribution in [3.8, 4) is 0 Å². The summed E-state index contributed by atoms with van der Waals surface area (Å²) in [5.41, 5.74) is 1.91. The molecule has 3 aromatic rings. The van der Waals surface area contributed by atoms with Crippen molar-refractivity contribution in [2.24, 2.45) is 15.2 Å². The van der Waals surface area contributed by atoms with Crippen molar-refractivity contribution in [3.05, 3.63) is 101 Å². The molecule has 0 fully saturated rings. The molecule has 1 aliphatic rings. The number of rotatable bonds is 8. The van der Waals surface area contributed by atoms with Crippen LogP contribution in [0.15, 0.2) is 93.9 Å². The van der Waals surface area contributed by atoms with Gasteiger partial charge in [-0.1, -0.05) is 88.2 Å². The summed E-state index contributed by atoms with van der Waals surface area (Å²) >= 11 is 7.14. The number of guanidine groups is 1. The minimum atomic E-state index is -4.44. The zero-order valence-corrected chi connectivity index (χ0v) is 27.4. The Kier molecular flexibility index (Phi) is 15.2. The van der Waals surface area contributed by atoms with Gasteiger partial charge in [0.15, 0.2) is 0 Å². The third-order valence-electron chi connectivity index (χ3n) is 5.62. The summed E-state index contributed by atoms with van der Waals surface area (Å²) in [5, 5.41) is 12.1. The van der Waals surface area contributed by atoms with E-state index < -0.39 is 21.9 Å². The van der Waals surface area contributed by atoms with Gasteiger partial charge in [0.1, 0.15) is 0 Å². The second-order valence-corrected chi connectivity index (χ2v) is 11.8. The van der Waals surface area contributed by atoms with Gasteiger partial charge in [-0.2, -0.15) is 26.7 Å². The molecule has 0 spiro atoms. The van der Waals surface area contributed by atoms with Crippen LogP contribution in [-0.2, 0) is 16.4 Å². The van der Waals surface area contributed by atoms with E-state index in [0.717, 1.165) is 40.9 Å². The first kappa shape index (κ1) is 37.1. The van der Waals surface area contributed by atoms with Gasteiger partial charge in [0.2, 0.25) is 5.96 Å². The van der Waals surface area contributed by atoms with Gasteiger partial charge in [-0.25, -0.2) is 19.9 Å². The lowest BCUT2D eigenvalue weighted by molar-refractivity contribution is -0.137. The molecule has 4 rings (SSSR count). The van der Waals surface area contributed by atoms with Crippen molar-refractivity contribution in [2.75, 3.05) is 19.6 Å². The molecule has 1 unspecified atom stereocenters. The smallest absolute Gasteiger partial charge is 0.295 e. The Bertz CT molecular complexity index is 1450. The van der Waals surface area contributed by atoms with Crippen LogP contribution >= 0.6 is 23.5 Å². The van der Waals surface area contributed by atoms with Crippen LogP contribution in [0.5, 0.6) is 0 Å². The molecule has 0 bridgehead atoms. The van der Waals surface area contributed by atoms with E-state index >= 15 is 0 Å². The minimum absolute atomic E-state index is 0.0324. The highest BCUT2D eigenvalue weighted by Crippen LogP contribution is 2.32. The van der Waals surface area contributed by atoms with Gasteiger partial charge < -0.3 is 0 Å². The predicted octanol–water partition coefficient (Wildman–Crippen LogP) is 7.05. The zero-order valence-electron chi connectivity index (χ0n) is 25.0. The topological polar surface area (TPSA) is 112 Å². The SMILES string of the molecule is CC.CCC.NS(=O)(=O)NCCN=C(NSc1ccc(C(F)(F)F)cc1)N1CC(c2ccccc2)C(c2ccc(Cl)cc2)=N1. The highest BCUT2D eigenvalue weighted by molar-refractivity contribution is 7.98. The molecule has 4 N–H and O–H groups in total. The molecule has 0 saturated carbocycles. The molecule has 0 aliphatic carbocycles. The average molecular weight is 671 g/mol. The molecule has 44 heavy (non-hydrogen) atoms. The monoisotopic (exact) mass is 670 g/mol. The summed E-state index contributed by atoms with van der Waals surface area (Å²) < 4.78 is 66.5. The molecule has 8 nitrogen and oxygen atoms in total. The van der Waals surface area contributed by atoms with E-state index in [0.29, 0.717) is 22.4 Å². The van der Waals surface area contributed by atoms with Crippen LogP contribution in [0.1, 0.15) is 56.7 Å². The standard InChI is InChI=1S/C25H24ClF3N6O2S2.C3H8.C2H6/c26-20-10-6-18(7-11-20)23-22(17-4-2-1-3-5-17)16-35(33-23)24(31-14-15-32-39(30,36)37)34-38-21-12-8-19(9-13-21)25(27,28)29;1-3-2;1-2/h1-13,22,32H,14-16H2,(H,31,34)(H2,30,36,37);3H2,1-2H3;1-2H3. The second-order valence-electron chi connectivity index (χ2n) is 9.12. The minimum Gasteiger partial charge on any atom is -0.295 e. The van der Waals surface area contributed by atoms with Crippen molar-refractivity contribution in [1.82, 2.24) is 14.5 Å². The Morgan fingerprint density at radius 3 is 2.18 bits per heavy atom. The van der Waals surface area contributed by atoms with E-state index in [-0.39, 0.29) is 19.0 Å². The van der Waals surface area contributed by atoms with Gasteiger partial charge in [-0.05, 0) is 59.5 Å². The molecule has 0 amide bonds. The molecule has 1 aliphatic heterocycles. The Labute approximate surface area is 267 Å². The van der Waals surface area contributed by atoms with Crippen molar-refractivity contribution in [1.29, 1.82) is 0 Å². The van der Waals surface area contributed by atoms with E-state index in [2.05, 4.69) is 28.3 Å². The number of hydrogen-bond donors (Lipinski definition) is 3. The first-order valence-electron chi connectivity index (χ1n) is 14.0. The van der Waals surface area contributed by atoms with Gasteiger partial charge in [-0.3, -0.25) is 4.72 Å². The normalized spacial score (nSPS) is 15.0. The largest absolute Gasteiger partial charge is 0.416 e. The Hall–Kier alpha value is -3.10. The highest BCUT2D eigenvalue weighted by Gasteiger charge is 2.32. The number of alkyl halides is 3. The van der Waals surface area contributed by atoms with Crippen molar-refractivity contribution < 1.29 is 21.6 Å². The molecule has 240 valence electrons. The summed E-state index contributed by atoms with van der Waals surface area (Å²) in [6, 6.07) is 21.8. The van der Waals surface area contributed by atoms with Gasteiger partial charge in [0.25, 0.3) is 10.2 Å². The summed E-state index contributed by atoms with van der Waals surface area (Å²) in [6.45, 7) is 8.63. The molecule has 1 heterocycles. The molecule has 3 aromatic carbocycles. The van der Waals surface area contributed by atoms with E-state index in [1.54, 1.807) is 17.1 Å². The second kappa shape index (κ2) is 18.0. The number of nitrogens with zero attached hydrogens (tertiary/aromatic N) is 3. The Morgan fingerprint density at radius 1 is 1.05 bits per heavy atom. The fourth-order valence-electron chi connectivity index (χ4n) is 3.79. The summed E-state index contributed by atoms with van der Waals surface area (Å²) in [6.07, 6.45) is -3.19. The maximum atomic E-state index is 12.9. The third kappa shape index (κ3) is 12.1. The van der Waals surface area contributed by atoms with Crippen molar-refractivity contribution in [3.63, 3.8) is 0 Å². The predicted molar refractivity (Wildman–Crippen MR) is 175 cm³/mol. The Morgan fingerprint density at radius 2 is 1.64 bits per heavy atom. The maximum absolute atomic E-state index is 12.9. The number of hydrazone groups is 1. The molecule has 0 saturated heterocycles. The lowest BCUT2D eigenvalue weighted by Crippen LogP contribution is -2.36. The van der Waals surface area contributed by atoms with Crippen LogP contribution in [-0.4, -0.2) is 44.7 Å². The van der Waals surface area contributed by atoms with Crippen molar-refractivity contribution in [2.45, 2.75) is 51.1 Å². The lowest BCUT2D eigenvalue weighted by atomic mass is 9.91. The molecular weight excluding hydrogens is 633 g/mol. The number of halogens is 4. The van der Waals surface area contributed by atoms with Gasteiger partial charge in [0.05, 0.1) is 24.4 Å². The summed E-state index contributed by atoms with van der Waals surface area (Å²) in [5.74, 6) is 0.166. The average Bonchev–Trinajstić information content (AvgIpc) is 3.44. The molecule has 0 radical (unpaired) electrons. The zero-order chi connectivity index (χ0) is 32.8. The van der Waals surface area contributed by atoms with E-state index in [1.165, 1.54) is 18.6 Å². The van der Waals surface area contributed by atoms with Crippen LogP contribution in [0.25, 0.3) is 0 Å². The number of hydrogen-bond acceptors (Lipinski definition) is 5. The number of aliphatic imine (C=N–C) groups is 1. The number of nitrogens with one attached hydrogen (secondary N) is 2. The van der Waals surface area contributed by atoms with Crippen LogP contribution in [0.4, 0.5) is 13.2 Å². The van der Waals surface area contributed by atoms with Crippen molar-refractivity contribution >= 4 is 45.4 Å². The van der Waals surface area contributed by atoms with Gasteiger partial charge in [-0.15, -0.1) is 0 Å². The molecule has 14 heteroatoms.